The summed E-state index contributed by atoms with van der Waals surface area (Å²) in [7, 11) is -3.65. The minimum atomic E-state index is -3.65. The fraction of sp³-hybridized carbons (Fsp3) is 0.545. The normalized spacial score (nSPS) is 18.5. The van der Waals surface area contributed by atoms with Crippen molar-refractivity contribution in [2.75, 3.05) is 5.43 Å². The molecule has 0 atom stereocenters. The first kappa shape index (κ1) is 14.7. The molecular formula is C11H17BrN4O2S. The highest BCUT2D eigenvalue weighted by atomic mass is 79.9. The number of aromatic nitrogens is 1. The Morgan fingerprint density at radius 1 is 1.42 bits per heavy atom. The van der Waals surface area contributed by atoms with Gasteiger partial charge >= 0.3 is 0 Å². The number of hydrogen-bond donors (Lipinski definition) is 3. The van der Waals surface area contributed by atoms with Gasteiger partial charge in [-0.3, -0.25) is 0 Å². The lowest BCUT2D eigenvalue weighted by molar-refractivity contribution is 0.427. The summed E-state index contributed by atoms with van der Waals surface area (Å²) in [4.78, 5) is 4.01. The van der Waals surface area contributed by atoms with Crippen molar-refractivity contribution in [3.63, 3.8) is 0 Å². The van der Waals surface area contributed by atoms with Crippen LogP contribution in [-0.4, -0.2) is 18.9 Å². The molecule has 1 aromatic heterocycles. The number of nitrogens with one attached hydrogen (secondary N) is 2. The molecule has 8 heteroatoms. The second-order valence-corrected chi connectivity index (χ2v) is 7.58. The molecule has 0 aromatic carbocycles. The number of anilines is 1. The quantitative estimate of drug-likeness (QED) is 0.568. The number of nitrogens with two attached hydrogens (primary N) is 1. The van der Waals surface area contributed by atoms with Crippen LogP contribution < -0.4 is 16.0 Å². The summed E-state index contributed by atoms with van der Waals surface area (Å²) in [5, 5.41) is 0. The van der Waals surface area contributed by atoms with E-state index in [9.17, 15) is 8.42 Å². The predicted octanol–water partition coefficient (Wildman–Crippen LogP) is 1.74. The van der Waals surface area contributed by atoms with Crippen LogP contribution in [0.1, 0.15) is 32.6 Å². The molecule has 106 valence electrons. The number of pyridine rings is 1. The summed E-state index contributed by atoms with van der Waals surface area (Å²) in [6.45, 7) is 1.93. The summed E-state index contributed by atoms with van der Waals surface area (Å²) in [5.41, 5.74) is 1.93. The largest absolute Gasteiger partial charge is 0.307 e. The van der Waals surface area contributed by atoms with Crippen molar-refractivity contribution in [3.05, 3.63) is 16.7 Å². The SMILES string of the molecule is CC1(NS(=O)(=O)c2cc(Br)cnc2NN)CCCC1. The van der Waals surface area contributed by atoms with Crippen LogP contribution in [0.15, 0.2) is 21.6 Å². The Hall–Kier alpha value is -0.700. The van der Waals surface area contributed by atoms with Crippen LogP contribution in [0.25, 0.3) is 0 Å². The van der Waals surface area contributed by atoms with Gasteiger partial charge in [0.15, 0.2) is 5.82 Å². The van der Waals surface area contributed by atoms with Gasteiger partial charge in [-0.25, -0.2) is 24.0 Å². The van der Waals surface area contributed by atoms with Crippen molar-refractivity contribution in [2.45, 2.75) is 43.0 Å². The molecule has 19 heavy (non-hydrogen) atoms. The third-order valence-electron chi connectivity index (χ3n) is 3.33. The average molecular weight is 349 g/mol. The van der Waals surface area contributed by atoms with E-state index >= 15 is 0 Å². The maximum absolute atomic E-state index is 12.5. The van der Waals surface area contributed by atoms with Crippen LogP contribution in [0.2, 0.25) is 0 Å². The van der Waals surface area contributed by atoms with E-state index in [1.165, 1.54) is 12.3 Å². The molecule has 0 amide bonds. The molecule has 0 saturated heterocycles. The second-order valence-electron chi connectivity index (χ2n) is 5.02. The molecule has 6 nitrogen and oxygen atoms in total. The monoisotopic (exact) mass is 348 g/mol. The van der Waals surface area contributed by atoms with Crippen molar-refractivity contribution in [3.8, 4) is 0 Å². The van der Waals surface area contributed by atoms with Crippen molar-refractivity contribution in [1.29, 1.82) is 0 Å². The van der Waals surface area contributed by atoms with Gasteiger partial charge in [0.05, 0.1) is 0 Å². The number of rotatable bonds is 4. The summed E-state index contributed by atoms with van der Waals surface area (Å²) in [5.74, 6) is 5.45. The topological polar surface area (TPSA) is 97.1 Å². The van der Waals surface area contributed by atoms with E-state index in [2.05, 4.69) is 31.1 Å². The maximum Gasteiger partial charge on any atom is 0.244 e. The van der Waals surface area contributed by atoms with Crippen molar-refractivity contribution >= 4 is 31.8 Å². The molecule has 0 aliphatic heterocycles. The van der Waals surface area contributed by atoms with E-state index < -0.39 is 10.0 Å². The van der Waals surface area contributed by atoms with Crippen molar-refractivity contribution < 1.29 is 8.42 Å². The van der Waals surface area contributed by atoms with Gasteiger partial charge in [-0.15, -0.1) is 0 Å². The lowest BCUT2D eigenvalue weighted by Gasteiger charge is -2.25. The molecule has 1 aliphatic carbocycles. The maximum atomic E-state index is 12.5. The van der Waals surface area contributed by atoms with Crippen LogP contribution >= 0.6 is 15.9 Å². The summed E-state index contributed by atoms with van der Waals surface area (Å²) in [6, 6.07) is 1.49. The number of hydrogen-bond acceptors (Lipinski definition) is 5. The number of sulfonamides is 1. The molecule has 1 fully saturated rings. The van der Waals surface area contributed by atoms with E-state index in [1.54, 1.807) is 0 Å². The standard InChI is InChI=1S/C11H17BrN4O2S/c1-11(4-2-3-5-11)16-19(17,18)9-6-8(12)7-14-10(9)15-13/h6-7,16H,2-5,13H2,1H3,(H,14,15). The Kier molecular flexibility index (Phi) is 4.14. The van der Waals surface area contributed by atoms with Gasteiger partial charge in [-0.05, 0) is 41.8 Å². The van der Waals surface area contributed by atoms with Crippen LogP contribution in [-0.2, 0) is 10.0 Å². The summed E-state index contributed by atoms with van der Waals surface area (Å²) in [6.07, 6.45) is 5.26. The van der Waals surface area contributed by atoms with E-state index in [0.717, 1.165) is 25.7 Å². The minimum absolute atomic E-state index is 0.0532. The minimum Gasteiger partial charge on any atom is -0.307 e. The van der Waals surface area contributed by atoms with Gasteiger partial charge in [-0.2, -0.15) is 0 Å². The predicted molar refractivity (Wildman–Crippen MR) is 76.9 cm³/mol. The Bertz CT molecular complexity index is 570. The molecule has 0 spiro atoms. The number of nitrogen functional groups attached to an aromatic ring is 1. The lowest BCUT2D eigenvalue weighted by Crippen LogP contribution is -2.43. The van der Waals surface area contributed by atoms with Gasteiger partial charge in [0.1, 0.15) is 4.90 Å². The first-order valence-corrected chi connectivity index (χ1v) is 8.30. The van der Waals surface area contributed by atoms with Gasteiger partial charge < -0.3 is 5.43 Å². The zero-order chi connectivity index (χ0) is 14.1. The van der Waals surface area contributed by atoms with Crippen molar-refractivity contribution in [1.82, 2.24) is 9.71 Å². The first-order chi connectivity index (χ1) is 8.86. The highest BCUT2D eigenvalue weighted by Crippen LogP contribution is 2.32. The van der Waals surface area contributed by atoms with Crippen LogP contribution in [0.3, 0.4) is 0 Å². The van der Waals surface area contributed by atoms with Gasteiger partial charge in [0.2, 0.25) is 10.0 Å². The third-order valence-corrected chi connectivity index (χ3v) is 5.42. The summed E-state index contributed by atoms with van der Waals surface area (Å²) < 4.78 is 28.3. The zero-order valence-electron chi connectivity index (χ0n) is 10.6. The molecule has 0 radical (unpaired) electrons. The molecule has 1 saturated carbocycles. The highest BCUT2D eigenvalue weighted by Gasteiger charge is 2.34. The molecule has 1 aliphatic rings. The fourth-order valence-electron chi connectivity index (χ4n) is 2.37. The summed E-state index contributed by atoms with van der Waals surface area (Å²) >= 11 is 3.22. The third kappa shape index (κ3) is 3.25. The highest BCUT2D eigenvalue weighted by molar-refractivity contribution is 9.10. The van der Waals surface area contributed by atoms with Gasteiger partial charge in [0, 0.05) is 16.2 Å². The van der Waals surface area contributed by atoms with E-state index in [0.29, 0.717) is 4.47 Å². The van der Waals surface area contributed by atoms with Gasteiger partial charge in [0.25, 0.3) is 0 Å². The zero-order valence-corrected chi connectivity index (χ0v) is 13.0. The Morgan fingerprint density at radius 3 is 2.63 bits per heavy atom. The Labute approximate surface area is 121 Å². The van der Waals surface area contributed by atoms with E-state index in [-0.39, 0.29) is 16.3 Å². The molecule has 2 rings (SSSR count). The molecule has 0 bridgehead atoms. The van der Waals surface area contributed by atoms with Crippen LogP contribution in [0.5, 0.6) is 0 Å². The first-order valence-electron chi connectivity index (χ1n) is 6.02. The number of hydrazine groups is 1. The Balaban J connectivity index is 2.36. The van der Waals surface area contributed by atoms with Crippen LogP contribution in [0.4, 0.5) is 5.82 Å². The molecule has 0 unspecified atom stereocenters. The molecule has 1 heterocycles. The molecular weight excluding hydrogens is 332 g/mol. The molecule has 4 N–H and O–H groups in total. The van der Waals surface area contributed by atoms with Gasteiger partial charge in [-0.1, -0.05) is 12.8 Å². The van der Waals surface area contributed by atoms with E-state index in [4.69, 9.17) is 5.84 Å². The van der Waals surface area contributed by atoms with E-state index in [1.807, 2.05) is 6.92 Å². The lowest BCUT2D eigenvalue weighted by atomic mass is 10.0. The smallest absolute Gasteiger partial charge is 0.244 e. The number of nitrogens with zero attached hydrogens (tertiary/aromatic N) is 1. The fourth-order valence-corrected chi connectivity index (χ4v) is 4.46. The number of halogens is 1. The van der Waals surface area contributed by atoms with Crippen molar-refractivity contribution in [2.24, 2.45) is 5.84 Å². The van der Waals surface area contributed by atoms with Crippen LogP contribution in [0, 0.1) is 0 Å². The Morgan fingerprint density at radius 2 is 2.05 bits per heavy atom. The average Bonchev–Trinajstić information content (AvgIpc) is 2.74. The second kappa shape index (κ2) is 5.35. The molecule has 1 aromatic rings.